The van der Waals surface area contributed by atoms with E-state index >= 15 is 0 Å². The smallest absolute Gasteiger partial charge is 0.0792 e. The Balaban J connectivity index is 2.67. The Morgan fingerprint density at radius 3 is 2.59 bits per heavy atom. The van der Waals surface area contributed by atoms with Gasteiger partial charge in [-0.2, -0.15) is 0 Å². The van der Waals surface area contributed by atoms with Crippen LogP contribution in [0.15, 0.2) is 22.7 Å². The standard InChI is InChI=1S/C13H18BrClO2/c1-13(2,17-3)5-4-12(16)9-6-10(14)8-11(15)7-9/h6-8,12,16H,4-5H2,1-3H3. The molecule has 96 valence electrons. The van der Waals surface area contributed by atoms with Crippen LogP contribution >= 0.6 is 27.5 Å². The fourth-order valence-electron chi connectivity index (χ4n) is 1.52. The highest BCUT2D eigenvalue weighted by atomic mass is 79.9. The van der Waals surface area contributed by atoms with E-state index in [1.54, 1.807) is 19.2 Å². The van der Waals surface area contributed by atoms with E-state index in [9.17, 15) is 5.11 Å². The van der Waals surface area contributed by atoms with Crippen LogP contribution in [0.2, 0.25) is 5.02 Å². The zero-order valence-electron chi connectivity index (χ0n) is 10.3. The van der Waals surface area contributed by atoms with Crippen LogP contribution in [-0.4, -0.2) is 17.8 Å². The molecular weight excluding hydrogens is 303 g/mol. The molecule has 0 radical (unpaired) electrons. The molecule has 0 heterocycles. The van der Waals surface area contributed by atoms with Crippen LogP contribution in [0.25, 0.3) is 0 Å². The van der Waals surface area contributed by atoms with Gasteiger partial charge < -0.3 is 9.84 Å². The Hall–Kier alpha value is -0.0900. The number of hydrogen-bond acceptors (Lipinski definition) is 2. The third-order valence-corrected chi connectivity index (χ3v) is 3.52. The summed E-state index contributed by atoms with van der Waals surface area (Å²) in [7, 11) is 1.68. The third kappa shape index (κ3) is 4.96. The summed E-state index contributed by atoms with van der Waals surface area (Å²) in [6, 6.07) is 5.48. The highest BCUT2D eigenvalue weighted by Crippen LogP contribution is 2.28. The van der Waals surface area contributed by atoms with Crippen LogP contribution in [-0.2, 0) is 4.74 Å². The molecule has 1 rings (SSSR count). The molecule has 0 fully saturated rings. The second kappa shape index (κ2) is 6.19. The number of rotatable bonds is 5. The van der Waals surface area contributed by atoms with Gasteiger partial charge in [0.05, 0.1) is 11.7 Å². The van der Waals surface area contributed by atoms with Crippen molar-refractivity contribution in [1.29, 1.82) is 0 Å². The Morgan fingerprint density at radius 2 is 2.06 bits per heavy atom. The van der Waals surface area contributed by atoms with Crippen molar-refractivity contribution in [1.82, 2.24) is 0 Å². The quantitative estimate of drug-likeness (QED) is 0.874. The van der Waals surface area contributed by atoms with Crippen molar-refractivity contribution in [3.8, 4) is 0 Å². The molecule has 0 spiro atoms. The summed E-state index contributed by atoms with van der Waals surface area (Å²) in [5.74, 6) is 0. The third-order valence-electron chi connectivity index (χ3n) is 2.84. The molecule has 0 aliphatic carbocycles. The van der Waals surface area contributed by atoms with Gasteiger partial charge in [0.2, 0.25) is 0 Å². The Kier molecular flexibility index (Phi) is 5.45. The fraction of sp³-hybridized carbons (Fsp3) is 0.538. The summed E-state index contributed by atoms with van der Waals surface area (Å²) >= 11 is 9.31. The number of methoxy groups -OCH3 is 1. The first-order chi connectivity index (χ1) is 7.84. The molecular formula is C13H18BrClO2. The van der Waals surface area contributed by atoms with Gasteiger partial charge in [0, 0.05) is 16.6 Å². The van der Waals surface area contributed by atoms with Crippen LogP contribution in [0.1, 0.15) is 38.4 Å². The minimum atomic E-state index is -0.514. The van der Waals surface area contributed by atoms with Crippen molar-refractivity contribution in [3.63, 3.8) is 0 Å². The van der Waals surface area contributed by atoms with Crippen LogP contribution in [0, 0.1) is 0 Å². The topological polar surface area (TPSA) is 29.5 Å². The maximum Gasteiger partial charge on any atom is 0.0792 e. The molecule has 1 atom stereocenters. The molecule has 0 aliphatic rings. The molecule has 0 bridgehead atoms. The second-order valence-corrected chi connectivity index (χ2v) is 6.07. The van der Waals surface area contributed by atoms with Crippen molar-refractivity contribution < 1.29 is 9.84 Å². The molecule has 1 aromatic carbocycles. The highest BCUT2D eigenvalue weighted by Gasteiger charge is 2.19. The number of benzene rings is 1. The van der Waals surface area contributed by atoms with E-state index < -0.39 is 6.10 Å². The molecule has 0 aromatic heterocycles. The maximum absolute atomic E-state index is 10.1. The van der Waals surface area contributed by atoms with E-state index in [1.165, 1.54) is 0 Å². The van der Waals surface area contributed by atoms with Crippen LogP contribution in [0.4, 0.5) is 0 Å². The van der Waals surface area contributed by atoms with Crippen molar-refractivity contribution in [2.24, 2.45) is 0 Å². The van der Waals surface area contributed by atoms with Gasteiger partial charge in [-0.25, -0.2) is 0 Å². The summed E-state index contributed by atoms with van der Waals surface area (Å²) in [5.41, 5.74) is 0.618. The van der Waals surface area contributed by atoms with E-state index in [0.29, 0.717) is 11.4 Å². The van der Waals surface area contributed by atoms with E-state index in [0.717, 1.165) is 16.5 Å². The van der Waals surface area contributed by atoms with E-state index in [1.807, 2.05) is 19.9 Å². The van der Waals surface area contributed by atoms with Gasteiger partial charge in [-0.1, -0.05) is 27.5 Å². The van der Waals surface area contributed by atoms with Gasteiger partial charge in [0.25, 0.3) is 0 Å². The van der Waals surface area contributed by atoms with E-state index in [2.05, 4.69) is 15.9 Å². The highest BCUT2D eigenvalue weighted by molar-refractivity contribution is 9.10. The largest absolute Gasteiger partial charge is 0.388 e. The number of aliphatic hydroxyl groups is 1. The summed E-state index contributed by atoms with van der Waals surface area (Å²) in [4.78, 5) is 0. The first kappa shape index (κ1) is 15.0. The van der Waals surface area contributed by atoms with Gasteiger partial charge >= 0.3 is 0 Å². The van der Waals surface area contributed by atoms with E-state index in [-0.39, 0.29) is 5.60 Å². The van der Waals surface area contributed by atoms with Crippen molar-refractivity contribution >= 4 is 27.5 Å². The average molecular weight is 322 g/mol. The lowest BCUT2D eigenvalue weighted by Crippen LogP contribution is -2.23. The molecule has 0 aliphatic heterocycles. The second-order valence-electron chi connectivity index (χ2n) is 4.72. The van der Waals surface area contributed by atoms with Gasteiger partial charge in [0.1, 0.15) is 0 Å². The number of halogens is 2. The lowest BCUT2D eigenvalue weighted by atomic mass is 9.97. The summed E-state index contributed by atoms with van der Waals surface area (Å²) in [6.07, 6.45) is 0.919. The minimum absolute atomic E-state index is 0.212. The van der Waals surface area contributed by atoms with Crippen LogP contribution in [0.3, 0.4) is 0 Å². The number of ether oxygens (including phenoxy) is 1. The number of aliphatic hydroxyl groups excluding tert-OH is 1. The van der Waals surface area contributed by atoms with Crippen molar-refractivity contribution in [3.05, 3.63) is 33.3 Å². The zero-order valence-corrected chi connectivity index (χ0v) is 12.7. The lowest BCUT2D eigenvalue weighted by Gasteiger charge is -2.24. The Labute approximate surface area is 116 Å². The fourth-order valence-corrected chi connectivity index (χ4v) is 2.41. The Morgan fingerprint density at radius 1 is 1.41 bits per heavy atom. The molecule has 1 N–H and O–H groups in total. The van der Waals surface area contributed by atoms with Crippen LogP contribution < -0.4 is 0 Å². The molecule has 2 nitrogen and oxygen atoms in total. The summed E-state index contributed by atoms with van der Waals surface area (Å²) in [6.45, 7) is 4.02. The monoisotopic (exact) mass is 320 g/mol. The Bertz CT molecular complexity index is 359. The van der Waals surface area contributed by atoms with Gasteiger partial charge in [-0.3, -0.25) is 0 Å². The van der Waals surface area contributed by atoms with Gasteiger partial charge in [0.15, 0.2) is 0 Å². The van der Waals surface area contributed by atoms with Gasteiger partial charge in [-0.05, 0) is 50.5 Å². The molecule has 0 saturated carbocycles. The van der Waals surface area contributed by atoms with Gasteiger partial charge in [-0.15, -0.1) is 0 Å². The van der Waals surface area contributed by atoms with Crippen molar-refractivity contribution in [2.45, 2.75) is 38.4 Å². The molecule has 17 heavy (non-hydrogen) atoms. The number of hydrogen-bond donors (Lipinski definition) is 1. The normalized spacial score (nSPS) is 13.8. The lowest BCUT2D eigenvalue weighted by molar-refractivity contribution is 0.00278. The predicted octanol–water partition coefficient (Wildman–Crippen LogP) is 4.34. The molecule has 4 heteroatoms. The maximum atomic E-state index is 10.1. The molecule has 1 unspecified atom stereocenters. The minimum Gasteiger partial charge on any atom is -0.388 e. The summed E-state index contributed by atoms with van der Waals surface area (Å²) < 4.78 is 6.20. The summed E-state index contributed by atoms with van der Waals surface area (Å²) in [5, 5.41) is 10.7. The predicted molar refractivity (Wildman–Crippen MR) is 74.4 cm³/mol. The zero-order chi connectivity index (χ0) is 13.1. The average Bonchev–Trinajstić information content (AvgIpc) is 2.24. The first-order valence-electron chi connectivity index (χ1n) is 5.53. The van der Waals surface area contributed by atoms with Crippen molar-refractivity contribution in [2.75, 3.05) is 7.11 Å². The molecule has 1 aromatic rings. The molecule has 0 amide bonds. The first-order valence-corrected chi connectivity index (χ1v) is 6.70. The van der Waals surface area contributed by atoms with Crippen LogP contribution in [0.5, 0.6) is 0 Å². The van der Waals surface area contributed by atoms with E-state index in [4.69, 9.17) is 16.3 Å². The molecule has 0 saturated heterocycles. The SMILES string of the molecule is COC(C)(C)CCC(O)c1cc(Cl)cc(Br)c1.